The fraction of sp³-hybridized carbons (Fsp3) is 0.417. The summed E-state index contributed by atoms with van der Waals surface area (Å²) in [4.78, 5) is 13.3. The summed E-state index contributed by atoms with van der Waals surface area (Å²) < 4.78 is 0. The number of nitrogens with one attached hydrogen (secondary N) is 1. The van der Waals surface area contributed by atoms with E-state index in [4.69, 9.17) is 39.9 Å². The molecule has 2 aromatic carbocycles. The molecule has 0 radical (unpaired) electrons. The average molecular weight is 494 g/mol. The van der Waals surface area contributed by atoms with Gasteiger partial charge >= 0.3 is 0 Å². The lowest BCUT2D eigenvalue weighted by Gasteiger charge is -2.28. The number of anilines is 1. The van der Waals surface area contributed by atoms with Gasteiger partial charge in [0, 0.05) is 29.1 Å². The van der Waals surface area contributed by atoms with Crippen molar-refractivity contribution < 1.29 is 4.79 Å². The molecule has 2 aromatic rings. The van der Waals surface area contributed by atoms with Crippen LogP contribution < -0.4 is 10.4 Å². The van der Waals surface area contributed by atoms with Crippen LogP contribution in [0.1, 0.15) is 50.6 Å². The van der Waals surface area contributed by atoms with E-state index >= 15 is 0 Å². The van der Waals surface area contributed by atoms with Crippen LogP contribution in [0.3, 0.4) is 0 Å². The Kier molecular flexibility index (Phi) is 7.62. The third-order valence-electron chi connectivity index (χ3n) is 6.10. The van der Waals surface area contributed by atoms with Crippen LogP contribution in [-0.4, -0.2) is 29.7 Å². The van der Waals surface area contributed by atoms with Crippen molar-refractivity contribution in [3.8, 4) is 0 Å². The third kappa shape index (κ3) is 5.23. The number of hydrogen-bond donors (Lipinski definition) is 1. The lowest BCUT2D eigenvalue weighted by atomic mass is 9.91. The first-order valence-electron chi connectivity index (χ1n) is 11.1. The Morgan fingerprint density at radius 2 is 1.56 bits per heavy atom. The number of hydrazone groups is 1. The van der Waals surface area contributed by atoms with Gasteiger partial charge in [0.25, 0.3) is 5.91 Å². The molecule has 32 heavy (non-hydrogen) atoms. The molecule has 1 N–H and O–H groups in total. The molecule has 0 saturated carbocycles. The molecule has 0 aliphatic carbocycles. The minimum Gasteiger partial charge on any atom is -0.284 e. The van der Waals surface area contributed by atoms with Crippen molar-refractivity contribution in [2.24, 2.45) is 11.0 Å². The third-order valence-corrected chi connectivity index (χ3v) is 6.89. The van der Waals surface area contributed by atoms with Crippen LogP contribution in [0.15, 0.2) is 47.6 Å². The molecule has 4 rings (SSSR count). The normalized spacial score (nSPS) is 22.2. The van der Waals surface area contributed by atoms with Gasteiger partial charge in [-0.3, -0.25) is 15.2 Å². The highest BCUT2D eigenvalue weighted by molar-refractivity contribution is 6.41. The quantitative estimate of drug-likeness (QED) is 0.529. The number of hydrogen-bond acceptors (Lipinski definition) is 4. The van der Waals surface area contributed by atoms with E-state index in [2.05, 4.69) is 5.43 Å². The molecular weight excluding hydrogens is 467 g/mol. The maximum atomic E-state index is 13.3. The van der Waals surface area contributed by atoms with Gasteiger partial charge in [-0.2, -0.15) is 5.10 Å². The Hall–Kier alpha value is -1.79. The van der Waals surface area contributed by atoms with Crippen LogP contribution in [0.2, 0.25) is 15.1 Å². The summed E-state index contributed by atoms with van der Waals surface area (Å²) in [5.74, 6) is -0.317. The first-order valence-corrected chi connectivity index (χ1v) is 12.2. The predicted molar refractivity (Wildman–Crippen MR) is 133 cm³/mol. The number of nitrogens with zero attached hydrogens (tertiary/aromatic N) is 3. The smallest absolute Gasteiger partial charge is 0.282 e. The van der Waals surface area contributed by atoms with Crippen LogP contribution in [-0.2, 0) is 4.79 Å². The van der Waals surface area contributed by atoms with Crippen molar-refractivity contribution >= 4 is 52.1 Å². The molecule has 0 aromatic heterocycles. The number of rotatable bonds is 4. The molecule has 0 spiro atoms. The monoisotopic (exact) mass is 492 g/mol. The molecule has 2 aliphatic rings. The van der Waals surface area contributed by atoms with Gasteiger partial charge in [-0.25, -0.2) is 5.01 Å². The summed E-state index contributed by atoms with van der Waals surface area (Å²) in [5, 5.41) is 10.3. The van der Waals surface area contributed by atoms with Crippen LogP contribution in [0.25, 0.3) is 0 Å². The molecule has 5 nitrogen and oxygen atoms in total. The second kappa shape index (κ2) is 10.4. The highest BCUT2D eigenvalue weighted by Gasteiger charge is 2.40. The van der Waals surface area contributed by atoms with Crippen molar-refractivity contribution in [1.82, 2.24) is 10.4 Å². The molecule has 0 bridgehead atoms. The zero-order valence-electron chi connectivity index (χ0n) is 18.0. The summed E-state index contributed by atoms with van der Waals surface area (Å²) in [6.07, 6.45) is 5.84. The second-order valence-corrected chi connectivity index (χ2v) is 9.69. The molecule has 8 heteroatoms. The van der Waals surface area contributed by atoms with E-state index in [0.717, 1.165) is 31.5 Å². The molecule has 170 valence electrons. The second-order valence-electron chi connectivity index (χ2n) is 8.41. The molecule has 1 saturated heterocycles. The highest BCUT2D eigenvalue weighted by atomic mass is 35.5. The minimum atomic E-state index is -0.195. The van der Waals surface area contributed by atoms with Gasteiger partial charge in [0.1, 0.15) is 5.71 Å². The number of hydrazine groups is 1. The van der Waals surface area contributed by atoms with Crippen LogP contribution in [0.4, 0.5) is 5.69 Å². The topological polar surface area (TPSA) is 47.9 Å². The van der Waals surface area contributed by atoms with E-state index in [-0.39, 0.29) is 17.9 Å². The van der Waals surface area contributed by atoms with E-state index in [1.165, 1.54) is 19.3 Å². The van der Waals surface area contributed by atoms with E-state index in [9.17, 15) is 4.79 Å². The largest absolute Gasteiger partial charge is 0.284 e. The summed E-state index contributed by atoms with van der Waals surface area (Å²) in [6.45, 7) is 3.75. The van der Waals surface area contributed by atoms with Gasteiger partial charge in [-0.05, 0) is 48.7 Å². The highest BCUT2D eigenvalue weighted by Crippen LogP contribution is 2.42. The summed E-state index contributed by atoms with van der Waals surface area (Å²) in [7, 11) is 0. The molecule has 2 heterocycles. The summed E-state index contributed by atoms with van der Waals surface area (Å²) in [6, 6.07) is 12.7. The van der Waals surface area contributed by atoms with Crippen LogP contribution in [0.5, 0.6) is 0 Å². The number of carbonyl (C=O) groups is 1. The van der Waals surface area contributed by atoms with E-state index in [0.29, 0.717) is 26.5 Å². The van der Waals surface area contributed by atoms with E-state index in [1.807, 2.05) is 47.3 Å². The Bertz CT molecular complexity index is 987. The van der Waals surface area contributed by atoms with Gasteiger partial charge in [-0.15, -0.1) is 0 Å². The predicted octanol–water partition coefficient (Wildman–Crippen LogP) is 6.50. The van der Waals surface area contributed by atoms with Crippen LogP contribution in [0, 0.1) is 5.92 Å². The fourth-order valence-corrected chi connectivity index (χ4v) is 5.02. The molecule has 0 unspecified atom stereocenters. The van der Waals surface area contributed by atoms with Gasteiger partial charge in [0.2, 0.25) is 0 Å². The zero-order chi connectivity index (χ0) is 22.7. The minimum absolute atomic E-state index is 0.155. The molecule has 1 amide bonds. The molecule has 2 aliphatic heterocycles. The maximum absolute atomic E-state index is 13.3. The van der Waals surface area contributed by atoms with Crippen molar-refractivity contribution in [2.45, 2.75) is 45.1 Å². The SMILES string of the molecule is C[C@@H]1C(C(=O)NN2CCCCCCC2)=NN(c2ccc(Cl)cc2Cl)[C@H]1c1ccc(Cl)cc1. The fourth-order valence-electron chi connectivity index (χ4n) is 4.40. The van der Waals surface area contributed by atoms with Gasteiger partial charge in [0.15, 0.2) is 0 Å². The Morgan fingerprint density at radius 1 is 0.938 bits per heavy atom. The standard InChI is InChI=1S/C24H27Cl3N4O/c1-16-22(24(32)29-30-13-5-3-2-4-6-14-30)28-31(21-12-11-19(26)15-20(21)27)23(16)17-7-9-18(25)10-8-17/h7-12,15-16,23H,2-6,13-14H2,1H3,(H,29,32)/t16-,23-/m1/s1. The maximum Gasteiger partial charge on any atom is 0.282 e. The average Bonchev–Trinajstić information content (AvgIpc) is 3.07. The lowest BCUT2D eigenvalue weighted by Crippen LogP contribution is -2.47. The van der Waals surface area contributed by atoms with Crippen molar-refractivity contribution in [2.75, 3.05) is 18.1 Å². The zero-order valence-corrected chi connectivity index (χ0v) is 20.3. The first-order chi connectivity index (χ1) is 15.4. The van der Waals surface area contributed by atoms with E-state index in [1.54, 1.807) is 12.1 Å². The number of carbonyl (C=O) groups excluding carboxylic acids is 1. The van der Waals surface area contributed by atoms with Gasteiger partial charge < -0.3 is 0 Å². The molecule has 1 fully saturated rings. The van der Waals surface area contributed by atoms with Gasteiger partial charge in [-0.1, -0.05) is 73.1 Å². The Labute approximate surface area is 204 Å². The van der Waals surface area contributed by atoms with Crippen molar-refractivity contribution in [3.63, 3.8) is 0 Å². The lowest BCUT2D eigenvalue weighted by molar-refractivity contribution is -0.119. The Balaban J connectivity index is 1.64. The first kappa shape index (κ1) is 23.4. The summed E-state index contributed by atoms with van der Waals surface area (Å²) >= 11 is 18.8. The van der Waals surface area contributed by atoms with Crippen molar-refractivity contribution in [1.29, 1.82) is 0 Å². The Morgan fingerprint density at radius 3 is 2.22 bits per heavy atom. The van der Waals surface area contributed by atoms with E-state index < -0.39 is 0 Å². The van der Waals surface area contributed by atoms with Crippen LogP contribution >= 0.6 is 34.8 Å². The number of halogens is 3. The summed E-state index contributed by atoms with van der Waals surface area (Å²) in [5.41, 5.74) is 5.29. The number of benzene rings is 2. The molecule has 2 atom stereocenters. The van der Waals surface area contributed by atoms with Gasteiger partial charge in [0.05, 0.1) is 16.8 Å². The van der Waals surface area contributed by atoms with Crippen molar-refractivity contribution in [3.05, 3.63) is 63.1 Å². The molecular formula is C24H27Cl3N4O. The number of amides is 1.